The quantitative estimate of drug-likeness (QED) is 0.0239. The lowest BCUT2D eigenvalue weighted by Gasteiger charge is -2.31. The van der Waals surface area contributed by atoms with Crippen LogP contribution in [0, 0.1) is 0 Å². The second kappa shape index (κ2) is 29.6. The van der Waals surface area contributed by atoms with Crippen LogP contribution in [0.1, 0.15) is 81.5 Å². The lowest BCUT2D eigenvalue weighted by molar-refractivity contribution is -0.129. The van der Waals surface area contributed by atoms with Crippen molar-refractivity contribution in [3.8, 4) is 11.5 Å². The number of anilines is 2. The molecule has 23 nitrogen and oxygen atoms in total. The highest BCUT2D eigenvalue weighted by Gasteiger charge is 2.30. The van der Waals surface area contributed by atoms with Crippen molar-refractivity contribution in [2.45, 2.75) is 89.1 Å². The van der Waals surface area contributed by atoms with Crippen LogP contribution in [0.2, 0.25) is 0 Å². The number of aromatic hydroxyl groups is 2. The Hall–Kier alpha value is -6.12. The highest BCUT2D eigenvalue weighted by atomic mass is 32.2. The third kappa shape index (κ3) is 20.4. The van der Waals surface area contributed by atoms with E-state index >= 15 is 0 Å². The maximum Gasteiger partial charge on any atom is 0.261 e. The summed E-state index contributed by atoms with van der Waals surface area (Å²) in [5, 5.41) is 49.3. The molecular weight excluding hydrogens is 925 g/mol. The molecule has 4 aromatic rings. The van der Waals surface area contributed by atoms with Crippen molar-refractivity contribution in [3.63, 3.8) is 0 Å². The minimum absolute atomic E-state index is 0.0123. The molecule has 0 saturated heterocycles. The average molecular weight is 987 g/mol. The predicted molar refractivity (Wildman–Crippen MR) is 253 cm³/mol. The van der Waals surface area contributed by atoms with Gasteiger partial charge in [-0.2, -0.15) is 0 Å². The van der Waals surface area contributed by atoms with Gasteiger partial charge in [-0.15, -0.1) is 15.3 Å². The fourth-order valence-corrected chi connectivity index (χ4v) is 7.86. The van der Waals surface area contributed by atoms with E-state index in [1.165, 1.54) is 0 Å². The number of phenolic OH excluding ortho intramolecular Hbond substituents is 2. The molecule has 1 unspecified atom stereocenters. The van der Waals surface area contributed by atoms with E-state index in [1.54, 1.807) is 59.4 Å². The van der Waals surface area contributed by atoms with Gasteiger partial charge in [0.2, 0.25) is 39.8 Å². The molecule has 372 valence electrons. The second-order valence-electron chi connectivity index (χ2n) is 15.7. The van der Waals surface area contributed by atoms with E-state index in [2.05, 4.69) is 51.8 Å². The Labute approximate surface area is 400 Å². The topological polar surface area (TPSA) is 336 Å². The van der Waals surface area contributed by atoms with Crippen molar-refractivity contribution in [1.29, 1.82) is 0 Å². The van der Waals surface area contributed by atoms with Crippen LogP contribution in [-0.2, 0) is 63.1 Å². The van der Waals surface area contributed by atoms with Crippen LogP contribution >= 0.6 is 11.3 Å². The van der Waals surface area contributed by atoms with Gasteiger partial charge in [-0.25, -0.2) is 4.21 Å². The van der Waals surface area contributed by atoms with E-state index in [0.717, 1.165) is 22.5 Å². The van der Waals surface area contributed by atoms with E-state index in [-0.39, 0.29) is 97.3 Å². The third-order valence-corrected chi connectivity index (χ3v) is 11.7. The van der Waals surface area contributed by atoms with Gasteiger partial charge in [0, 0.05) is 70.0 Å². The molecule has 0 saturated carbocycles. The van der Waals surface area contributed by atoms with Gasteiger partial charge in [0.15, 0.2) is 0 Å². The van der Waals surface area contributed by atoms with Crippen LogP contribution in [0.3, 0.4) is 0 Å². The smallest absolute Gasteiger partial charge is 0.261 e. The standard InChI is InChI=1S/C43H62N12O11S2/c1-43(30-8-12-33(56)13-9-30,31-10-14-34(57)15-11-31)19-16-36(58)45-21-17-37(59)46-22-18-39(61)48-35(40(62)47-23-26-66-28-27-65-25-20-44)6-2-3-24-55-29-32(50-54-55)5-4-7-38(60)49-41-51-52-42(67-41)53-68(63)64/h8-15,29,35,56-57H,2-7,16-28,44H2,1H3,(H,45,58)(H,46,59)(H,47,62)(H,48,61)(H,52,53)(H,63,64)(H,49,51,60)/t35-/m0/s1. The van der Waals surface area contributed by atoms with Gasteiger partial charge >= 0.3 is 0 Å². The SMILES string of the molecule is CC(CCC(=O)NCCC(=O)NCCC(=O)N[C@@H](CCCCn1cc(CCCC(=O)Nc2nnc(NS(=O)O)s2)nn1)C(=O)NCCOCCOCCN)(c1ccc(O)cc1)c1ccc(O)cc1. The van der Waals surface area contributed by atoms with E-state index in [4.69, 9.17) is 19.8 Å². The predicted octanol–water partition coefficient (Wildman–Crippen LogP) is 1.61. The minimum Gasteiger partial charge on any atom is -0.508 e. The summed E-state index contributed by atoms with van der Waals surface area (Å²) < 4.78 is 34.3. The van der Waals surface area contributed by atoms with E-state index in [9.17, 15) is 38.4 Å². The molecule has 11 N–H and O–H groups in total. The number of nitrogens with zero attached hydrogens (tertiary/aromatic N) is 5. The Bertz CT molecular complexity index is 2170. The van der Waals surface area contributed by atoms with Crippen molar-refractivity contribution in [2.24, 2.45) is 5.73 Å². The number of carbonyl (C=O) groups excluding carboxylic acids is 5. The molecule has 0 radical (unpaired) electrons. The summed E-state index contributed by atoms with van der Waals surface area (Å²) in [5.74, 6) is -1.50. The largest absolute Gasteiger partial charge is 0.508 e. The molecule has 2 heterocycles. The van der Waals surface area contributed by atoms with Crippen LogP contribution in [0.15, 0.2) is 54.7 Å². The van der Waals surface area contributed by atoms with Crippen molar-refractivity contribution >= 4 is 62.4 Å². The maximum atomic E-state index is 13.2. The first kappa shape index (κ1) is 54.5. The van der Waals surface area contributed by atoms with Crippen molar-refractivity contribution in [2.75, 3.05) is 62.6 Å². The van der Waals surface area contributed by atoms with Crippen molar-refractivity contribution < 1.29 is 52.4 Å². The monoisotopic (exact) mass is 986 g/mol. The van der Waals surface area contributed by atoms with Crippen LogP contribution < -0.4 is 37.0 Å². The van der Waals surface area contributed by atoms with Crippen LogP contribution in [0.25, 0.3) is 0 Å². The van der Waals surface area contributed by atoms with Crippen LogP contribution in [-0.4, -0.2) is 132 Å². The number of aryl methyl sites for hydroxylation is 2. The molecule has 5 amide bonds. The summed E-state index contributed by atoms with van der Waals surface area (Å²) in [6.45, 7) is 4.55. The summed E-state index contributed by atoms with van der Waals surface area (Å²) in [6.07, 6.45) is 4.87. The number of phenols is 2. The van der Waals surface area contributed by atoms with Gasteiger partial charge in [0.1, 0.15) is 17.5 Å². The maximum absolute atomic E-state index is 13.2. The fourth-order valence-electron chi connectivity index (χ4n) is 6.78. The number of unbranched alkanes of at least 4 members (excludes halogenated alkanes) is 1. The molecule has 0 aliphatic rings. The molecule has 2 aromatic carbocycles. The first-order valence-electron chi connectivity index (χ1n) is 22.2. The number of benzene rings is 2. The summed E-state index contributed by atoms with van der Waals surface area (Å²) in [5.41, 5.74) is 7.26. The Morgan fingerprint density at radius 1 is 0.750 bits per heavy atom. The molecule has 0 aliphatic heterocycles. The number of hydrogen-bond donors (Lipinski definition) is 10. The molecule has 0 bridgehead atoms. The van der Waals surface area contributed by atoms with E-state index < -0.39 is 28.6 Å². The Morgan fingerprint density at radius 3 is 2.01 bits per heavy atom. The highest BCUT2D eigenvalue weighted by Crippen LogP contribution is 2.37. The third-order valence-electron chi connectivity index (χ3n) is 10.4. The minimum atomic E-state index is -2.30. The number of amides is 5. The van der Waals surface area contributed by atoms with E-state index in [0.29, 0.717) is 77.1 Å². The molecule has 2 atom stereocenters. The Morgan fingerprint density at radius 2 is 1.37 bits per heavy atom. The lowest BCUT2D eigenvalue weighted by Crippen LogP contribution is -2.48. The van der Waals surface area contributed by atoms with Gasteiger partial charge in [0.25, 0.3) is 11.3 Å². The Balaban J connectivity index is 1.16. The molecule has 25 heteroatoms. The van der Waals surface area contributed by atoms with Crippen molar-refractivity contribution in [1.82, 2.24) is 46.5 Å². The number of nitrogens with two attached hydrogens (primary N) is 1. The first-order chi connectivity index (χ1) is 32.7. The van der Waals surface area contributed by atoms with Gasteiger partial charge in [-0.1, -0.05) is 47.7 Å². The number of rotatable bonds is 33. The second-order valence-corrected chi connectivity index (χ2v) is 17.4. The molecule has 0 aliphatic carbocycles. The number of nitrogens with one attached hydrogen (secondary N) is 6. The van der Waals surface area contributed by atoms with Gasteiger partial charge < -0.3 is 52.0 Å². The van der Waals surface area contributed by atoms with Gasteiger partial charge in [-0.05, 0) is 73.9 Å². The lowest BCUT2D eigenvalue weighted by atomic mass is 9.73. The van der Waals surface area contributed by atoms with Crippen LogP contribution in [0.5, 0.6) is 11.5 Å². The molecular formula is C43H62N12O11S2. The normalized spacial score (nSPS) is 12.2. The zero-order chi connectivity index (χ0) is 49.2. The fraction of sp³-hybridized carbons (Fsp3) is 0.512. The number of ether oxygens (including phenoxy) is 2. The highest BCUT2D eigenvalue weighted by molar-refractivity contribution is 7.80. The van der Waals surface area contributed by atoms with Crippen LogP contribution in [0.4, 0.5) is 10.3 Å². The zero-order valence-corrected chi connectivity index (χ0v) is 39.6. The average Bonchev–Trinajstić information content (AvgIpc) is 3.96. The number of carbonyl (C=O) groups is 5. The molecule has 0 spiro atoms. The molecule has 0 fully saturated rings. The summed E-state index contributed by atoms with van der Waals surface area (Å²) >= 11 is -1.38. The van der Waals surface area contributed by atoms with E-state index in [1.807, 2.05) is 6.92 Å². The molecule has 2 aromatic heterocycles. The molecule has 68 heavy (non-hydrogen) atoms. The van der Waals surface area contributed by atoms with Crippen molar-refractivity contribution in [3.05, 3.63) is 71.5 Å². The summed E-state index contributed by atoms with van der Waals surface area (Å²) in [6, 6.07) is 12.7. The summed E-state index contributed by atoms with van der Waals surface area (Å²) in [4.78, 5) is 64.0. The number of hydrogen-bond acceptors (Lipinski definition) is 16. The number of aromatic nitrogens is 5. The zero-order valence-electron chi connectivity index (χ0n) is 37.9. The summed E-state index contributed by atoms with van der Waals surface area (Å²) in [7, 11) is 0. The van der Waals surface area contributed by atoms with Gasteiger partial charge in [-0.3, -0.25) is 37.9 Å². The molecule has 4 rings (SSSR count). The van der Waals surface area contributed by atoms with Gasteiger partial charge in [0.05, 0.1) is 32.1 Å². The first-order valence-corrected chi connectivity index (χ1v) is 24.1. The Kier molecular flexibility index (Phi) is 23.7.